The van der Waals surface area contributed by atoms with Gasteiger partial charge in [-0.3, -0.25) is 9.69 Å². The van der Waals surface area contributed by atoms with Gasteiger partial charge in [0.2, 0.25) is 0 Å². The van der Waals surface area contributed by atoms with E-state index in [2.05, 4.69) is 43.1 Å². The number of methoxy groups -OCH3 is 1. The topological polar surface area (TPSA) is 58.6 Å². The van der Waals surface area contributed by atoms with Crippen molar-refractivity contribution in [1.29, 1.82) is 0 Å². The molecule has 0 fully saturated rings. The smallest absolute Gasteiger partial charge is 0.341 e. The molecule has 3 aromatic rings. The Balaban J connectivity index is 1.56. The van der Waals surface area contributed by atoms with Crippen molar-refractivity contribution >= 4 is 28.2 Å². The van der Waals surface area contributed by atoms with Gasteiger partial charge in [0, 0.05) is 30.1 Å². The third-order valence-corrected chi connectivity index (χ3v) is 7.15. The lowest BCUT2D eigenvalue weighted by molar-refractivity contribution is 0.0600. The number of nitrogens with zero attached hydrogens (tertiary/aromatic N) is 1. The Morgan fingerprint density at radius 3 is 2.39 bits per heavy atom. The molecule has 0 atom stereocenters. The summed E-state index contributed by atoms with van der Waals surface area (Å²) >= 11 is 1.48. The summed E-state index contributed by atoms with van der Waals surface area (Å²) in [4.78, 5) is 29.1. The van der Waals surface area contributed by atoms with E-state index in [1.807, 2.05) is 42.5 Å². The zero-order chi connectivity index (χ0) is 23.6. The fraction of sp³-hybridized carbons (Fsp3) is 0.333. The molecule has 0 saturated heterocycles. The third-order valence-electron chi connectivity index (χ3n) is 6.01. The molecule has 0 aliphatic carbocycles. The Morgan fingerprint density at radius 2 is 1.76 bits per heavy atom. The highest BCUT2D eigenvalue weighted by atomic mass is 32.1. The van der Waals surface area contributed by atoms with Gasteiger partial charge in [-0.05, 0) is 40.7 Å². The molecule has 172 valence electrons. The van der Waals surface area contributed by atoms with Crippen molar-refractivity contribution in [3.05, 3.63) is 87.3 Å². The molecule has 0 saturated carbocycles. The largest absolute Gasteiger partial charge is 0.465 e. The van der Waals surface area contributed by atoms with Gasteiger partial charge < -0.3 is 10.1 Å². The maximum atomic E-state index is 13.0. The second-order valence-electron chi connectivity index (χ2n) is 9.43. The van der Waals surface area contributed by atoms with Crippen molar-refractivity contribution < 1.29 is 14.3 Å². The van der Waals surface area contributed by atoms with Crippen LogP contribution in [0.3, 0.4) is 0 Å². The number of thiophene rings is 1. The van der Waals surface area contributed by atoms with Crippen molar-refractivity contribution in [2.24, 2.45) is 0 Å². The summed E-state index contributed by atoms with van der Waals surface area (Å²) in [6.07, 6.45) is 0.749. The minimum Gasteiger partial charge on any atom is -0.465 e. The zero-order valence-corrected chi connectivity index (χ0v) is 20.4. The van der Waals surface area contributed by atoms with Crippen LogP contribution in [0.5, 0.6) is 0 Å². The van der Waals surface area contributed by atoms with E-state index in [0.29, 0.717) is 16.1 Å². The van der Waals surface area contributed by atoms with Gasteiger partial charge in [0.05, 0.1) is 12.7 Å². The van der Waals surface area contributed by atoms with Crippen LogP contribution in [-0.4, -0.2) is 30.4 Å². The Kier molecular flexibility index (Phi) is 6.68. The van der Waals surface area contributed by atoms with E-state index < -0.39 is 5.97 Å². The summed E-state index contributed by atoms with van der Waals surface area (Å²) in [6, 6.07) is 18.0. The van der Waals surface area contributed by atoms with Gasteiger partial charge in [0.1, 0.15) is 5.00 Å². The van der Waals surface area contributed by atoms with Gasteiger partial charge in [-0.2, -0.15) is 0 Å². The van der Waals surface area contributed by atoms with Crippen LogP contribution < -0.4 is 5.32 Å². The molecule has 1 N–H and O–H groups in total. The number of ether oxygens (including phenoxy) is 1. The average molecular weight is 463 g/mol. The number of fused-ring (bicyclic) bond motifs is 1. The normalized spacial score (nSPS) is 13.9. The summed E-state index contributed by atoms with van der Waals surface area (Å²) < 4.78 is 5.07. The van der Waals surface area contributed by atoms with Crippen molar-refractivity contribution in [2.75, 3.05) is 19.0 Å². The number of rotatable bonds is 5. The number of hydrogen-bond acceptors (Lipinski definition) is 5. The number of anilines is 1. The Hall–Kier alpha value is -2.96. The van der Waals surface area contributed by atoms with E-state index in [9.17, 15) is 9.59 Å². The number of benzene rings is 2. The fourth-order valence-corrected chi connectivity index (χ4v) is 5.41. The molecule has 2 aromatic carbocycles. The first kappa shape index (κ1) is 23.2. The summed E-state index contributed by atoms with van der Waals surface area (Å²) in [5.41, 5.74) is 4.50. The monoisotopic (exact) mass is 462 g/mol. The molecule has 1 aromatic heterocycles. The lowest BCUT2D eigenvalue weighted by atomic mass is 9.87. The van der Waals surface area contributed by atoms with E-state index in [-0.39, 0.29) is 11.3 Å². The molecule has 0 bridgehead atoms. The fourth-order valence-electron chi connectivity index (χ4n) is 4.14. The number of carbonyl (C=O) groups is 2. The van der Waals surface area contributed by atoms with Crippen LogP contribution in [0.2, 0.25) is 0 Å². The van der Waals surface area contributed by atoms with Gasteiger partial charge >= 0.3 is 5.97 Å². The van der Waals surface area contributed by atoms with Crippen LogP contribution >= 0.6 is 11.3 Å². The Labute approximate surface area is 199 Å². The summed E-state index contributed by atoms with van der Waals surface area (Å²) in [6.45, 7) is 8.87. The summed E-state index contributed by atoms with van der Waals surface area (Å²) in [5.74, 6) is -0.622. The maximum Gasteiger partial charge on any atom is 0.341 e. The minimum atomic E-state index is -0.401. The van der Waals surface area contributed by atoms with Crippen molar-refractivity contribution in [3.63, 3.8) is 0 Å². The molecule has 1 aliphatic rings. The Morgan fingerprint density at radius 1 is 1.06 bits per heavy atom. The Bertz CT molecular complexity index is 1140. The van der Waals surface area contributed by atoms with Gasteiger partial charge in [-0.25, -0.2) is 4.79 Å². The van der Waals surface area contributed by atoms with E-state index in [1.165, 1.54) is 29.6 Å². The molecule has 1 amide bonds. The standard InChI is InChI=1S/C27H30N2O3S/c1-27(2,3)20-12-10-19(11-13-20)24(30)28-25-23(26(31)32-4)21-14-15-29(17-22(21)33-25)16-18-8-6-5-7-9-18/h5-13H,14-17H2,1-4H3,(H,28,30). The van der Waals surface area contributed by atoms with Crippen LogP contribution in [0.1, 0.15) is 63.1 Å². The molecule has 4 rings (SSSR count). The molecule has 0 spiro atoms. The summed E-state index contributed by atoms with van der Waals surface area (Å²) in [5, 5.41) is 3.55. The average Bonchev–Trinajstić information content (AvgIpc) is 3.15. The first-order valence-electron chi connectivity index (χ1n) is 11.2. The van der Waals surface area contributed by atoms with Gasteiger partial charge in [0.15, 0.2) is 0 Å². The van der Waals surface area contributed by atoms with Crippen LogP contribution in [-0.2, 0) is 29.7 Å². The van der Waals surface area contributed by atoms with E-state index in [4.69, 9.17) is 4.74 Å². The van der Waals surface area contributed by atoms with Crippen LogP contribution in [0, 0.1) is 0 Å². The SMILES string of the molecule is COC(=O)c1c(NC(=O)c2ccc(C(C)(C)C)cc2)sc2c1CCN(Cc1ccccc1)C2. The van der Waals surface area contributed by atoms with E-state index in [1.54, 1.807) is 0 Å². The number of amides is 1. The van der Waals surface area contributed by atoms with Crippen LogP contribution in [0.15, 0.2) is 54.6 Å². The molecule has 1 aliphatic heterocycles. The van der Waals surface area contributed by atoms with Gasteiger partial charge in [0.25, 0.3) is 5.91 Å². The molecule has 33 heavy (non-hydrogen) atoms. The number of carbonyl (C=O) groups excluding carboxylic acids is 2. The molecular weight excluding hydrogens is 432 g/mol. The second kappa shape index (κ2) is 9.49. The van der Waals surface area contributed by atoms with Crippen LogP contribution in [0.25, 0.3) is 0 Å². The molecule has 0 radical (unpaired) electrons. The van der Waals surface area contributed by atoms with Crippen molar-refractivity contribution in [1.82, 2.24) is 4.90 Å². The number of esters is 1. The highest BCUT2D eigenvalue weighted by Gasteiger charge is 2.29. The van der Waals surface area contributed by atoms with Crippen molar-refractivity contribution in [2.45, 2.75) is 45.7 Å². The van der Waals surface area contributed by atoms with Crippen LogP contribution in [0.4, 0.5) is 5.00 Å². The van der Waals surface area contributed by atoms with Gasteiger partial charge in [-0.15, -0.1) is 11.3 Å². The predicted octanol–water partition coefficient (Wildman–Crippen LogP) is 5.64. The van der Waals surface area contributed by atoms with Gasteiger partial charge in [-0.1, -0.05) is 63.2 Å². The highest BCUT2D eigenvalue weighted by molar-refractivity contribution is 7.17. The molecule has 5 nitrogen and oxygen atoms in total. The molecular formula is C27H30N2O3S. The second-order valence-corrected chi connectivity index (χ2v) is 10.5. The third kappa shape index (κ3) is 5.18. The molecule has 0 unspecified atom stereocenters. The zero-order valence-electron chi connectivity index (χ0n) is 19.6. The van der Waals surface area contributed by atoms with E-state index >= 15 is 0 Å². The lowest BCUT2D eigenvalue weighted by Crippen LogP contribution is -2.29. The molecule has 6 heteroatoms. The highest BCUT2D eigenvalue weighted by Crippen LogP contribution is 2.38. The summed E-state index contributed by atoms with van der Waals surface area (Å²) in [7, 11) is 1.38. The number of hydrogen-bond donors (Lipinski definition) is 1. The first-order chi connectivity index (χ1) is 15.8. The number of nitrogens with one attached hydrogen (secondary N) is 1. The quantitative estimate of drug-likeness (QED) is 0.498. The van der Waals surface area contributed by atoms with Crippen molar-refractivity contribution in [3.8, 4) is 0 Å². The van der Waals surface area contributed by atoms with E-state index in [0.717, 1.165) is 36.5 Å². The molecule has 2 heterocycles. The maximum absolute atomic E-state index is 13.0. The lowest BCUT2D eigenvalue weighted by Gasteiger charge is -2.27. The first-order valence-corrected chi connectivity index (χ1v) is 12.0. The minimum absolute atomic E-state index is 0.0193. The predicted molar refractivity (Wildman–Crippen MR) is 133 cm³/mol.